The van der Waals surface area contributed by atoms with Gasteiger partial charge in [-0.2, -0.15) is 0 Å². The van der Waals surface area contributed by atoms with Crippen LogP contribution >= 0.6 is 0 Å². The number of anilines is 2. The SMILES string of the molecule is CCCCNc1cc(N2CCN(CC)CC2)ncn1. The molecule has 0 atom stereocenters. The number of likely N-dealkylation sites (N-methyl/N-ethyl adjacent to an activating group) is 1. The minimum atomic E-state index is 0.941. The van der Waals surface area contributed by atoms with Crippen LogP contribution in [0.25, 0.3) is 0 Å². The summed E-state index contributed by atoms with van der Waals surface area (Å²) >= 11 is 0. The molecule has 0 unspecified atom stereocenters. The molecule has 19 heavy (non-hydrogen) atoms. The Kier molecular flexibility index (Phi) is 5.39. The first-order valence-electron chi connectivity index (χ1n) is 7.36. The molecule has 0 radical (unpaired) electrons. The van der Waals surface area contributed by atoms with Crippen molar-refractivity contribution in [3.05, 3.63) is 12.4 Å². The second-order valence-corrected chi connectivity index (χ2v) is 4.96. The molecule has 1 aliphatic rings. The lowest BCUT2D eigenvalue weighted by Gasteiger charge is -2.34. The van der Waals surface area contributed by atoms with Gasteiger partial charge in [0.1, 0.15) is 18.0 Å². The minimum Gasteiger partial charge on any atom is -0.370 e. The van der Waals surface area contributed by atoms with Crippen molar-refractivity contribution < 1.29 is 0 Å². The average molecular weight is 263 g/mol. The molecule has 1 aromatic heterocycles. The molecule has 2 heterocycles. The summed E-state index contributed by atoms with van der Waals surface area (Å²) in [5.41, 5.74) is 0. The predicted molar refractivity (Wildman–Crippen MR) is 79.8 cm³/mol. The van der Waals surface area contributed by atoms with E-state index in [1.165, 1.54) is 12.8 Å². The number of aromatic nitrogens is 2. The molecule has 0 aliphatic carbocycles. The minimum absolute atomic E-state index is 0.941. The molecule has 1 saturated heterocycles. The molecule has 0 saturated carbocycles. The molecular weight excluding hydrogens is 238 g/mol. The van der Waals surface area contributed by atoms with E-state index in [1.54, 1.807) is 6.33 Å². The summed E-state index contributed by atoms with van der Waals surface area (Å²) < 4.78 is 0. The first kappa shape index (κ1) is 14.1. The van der Waals surface area contributed by atoms with Gasteiger partial charge in [-0.3, -0.25) is 0 Å². The number of nitrogens with one attached hydrogen (secondary N) is 1. The lowest BCUT2D eigenvalue weighted by atomic mass is 10.3. The zero-order valence-corrected chi connectivity index (χ0v) is 12.1. The van der Waals surface area contributed by atoms with E-state index >= 15 is 0 Å². The number of hydrogen-bond donors (Lipinski definition) is 1. The summed E-state index contributed by atoms with van der Waals surface area (Å²) in [4.78, 5) is 13.5. The van der Waals surface area contributed by atoms with E-state index in [-0.39, 0.29) is 0 Å². The highest BCUT2D eigenvalue weighted by Crippen LogP contribution is 2.16. The Morgan fingerprint density at radius 3 is 2.63 bits per heavy atom. The van der Waals surface area contributed by atoms with Crippen LogP contribution in [0.1, 0.15) is 26.7 Å². The Morgan fingerprint density at radius 2 is 1.95 bits per heavy atom. The quantitative estimate of drug-likeness (QED) is 0.793. The maximum atomic E-state index is 4.40. The molecule has 1 aromatic rings. The molecule has 106 valence electrons. The van der Waals surface area contributed by atoms with Crippen LogP contribution in [0.2, 0.25) is 0 Å². The van der Waals surface area contributed by atoms with Gasteiger partial charge >= 0.3 is 0 Å². The summed E-state index contributed by atoms with van der Waals surface area (Å²) in [7, 11) is 0. The number of nitrogens with zero attached hydrogens (tertiary/aromatic N) is 4. The molecule has 0 spiro atoms. The molecule has 1 fully saturated rings. The van der Waals surface area contributed by atoms with Crippen LogP contribution in [0.5, 0.6) is 0 Å². The molecule has 2 rings (SSSR count). The van der Waals surface area contributed by atoms with Gasteiger partial charge in [0.15, 0.2) is 0 Å². The summed E-state index contributed by atoms with van der Waals surface area (Å²) in [5.74, 6) is 1.99. The summed E-state index contributed by atoms with van der Waals surface area (Å²) in [6.07, 6.45) is 4.04. The molecular formula is C14H25N5. The van der Waals surface area contributed by atoms with Crippen molar-refractivity contribution in [3.63, 3.8) is 0 Å². The highest BCUT2D eigenvalue weighted by molar-refractivity contribution is 5.48. The van der Waals surface area contributed by atoms with Crippen LogP contribution in [-0.2, 0) is 0 Å². The monoisotopic (exact) mass is 263 g/mol. The standard InChI is InChI=1S/C14H25N5/c1-3-5-6-15-13-11-14(17-12-16-13)19-9-7-18(4-2)8-10-19/h11-12H,3-10H2,1-2H3,(H,15,16,17). The molecule has 5 heteroatoms. The smallest absolute Gasteiger partial charge is 0.134 e. The largest absolute Gasteiger partial charge is 0.370 e. The van der Waals surface area contributed by atoms with Crippen LogP contribution < -0.4 is 10.2 Å². The van der Waals surface area contributed by atoms with E-state index in [0.717, 1.165) is 50.9 Å². The lowest BCUT2D eigenvalue weighted by molar-refractivity contribution is 0.270. The van der Waals surface area contributed by atoms with Gasteiger partial charge in [0.2, 0.25) is 0 Å². The van der Waals surface area contributed by atoms with E-state index < -0.39 is 0 Å². The van der Waals surface area contributed by atoms with E-state index in [2.05, 4.69) is 45.0 Å². The number of piperazine rings is 1. The summed E-state index contributed by atoms with van der Waals surface area (Å²) in [5, 5.41) is 3.36. The fourth-order valence-corrected chi connectivity index (χ4v) is 2.30. The van der Waals surface area contributed by atoms with Gasteiger partial charge in [0.05, 0.1) is 0 Å². The average Bonchev–Trinajstić information content (AvgIpc) is 2.48. The Morgan fingerprint density at radius 1 is 1.16 bits per heavy atom. The van der Waals surface area contributed by atoms with Gasteiger partial charge in [-0.25, -0.2) is 9.97 Å². The molecule has 1 aliphatic heterocycles. The van der Waals surface area contributed by atoms with Gasteiger partial charge in [0.25, 0.3) is 0 Å². The highest BCUT2D eigenvalue weighted by atomic mass is 15.3. The number of rotatable bonds is 6. The first-order valence-corrected chi connectivity index (χ1v) is 7.36. The fraction of sp³-hybridized carbons (Fsp3) is 0.714. The highest BCUT2D eigenvalue weighted by Gasteiger charge is 2.16. The van der Waals surface area contributed by atoms with Gasteiger partial charge in [-0.15, -0.1) is 0 Å². The zero-order valence-electron chi connectivity index (χ0n) is 12.1. The van der Waals surface area contributed by atoms with Gasteiger partial charge < -0.3 is 15.1 Å². The second kappa shape index (κ2) is 7.28. The van der Waals surface area contributed by atoms with Gasteiger partial charge in [-0.1, -0.05) is 20.3 Å². The maximum absolute atomic E-state index is 4.40. The Bertz CT molecular complexity index is 374. The summed E-state index contributed by atoms with van der Waals surface area (Å²) in [6, 6.07) is 2.07. The topological polar surface area (TPSA) is 44.3 Å². The van der Waals surface area contributed by atoms with Crippen molar-refractivity contribution in [3.8, 4) is 0 Å². The molecule has 5 nitrogen and oxygen atoms in total. The second-order valence-electron chi connectivity index (χ2n) is 4.96. The van der Waals surface area contributed by atoms with Crippen LogP contribution in [0.4, 0.5) is 11.6 Å². The van der Waals surface area contributed by atoms with Crippen LogP contribution in [0.15, 0.2) is 12.4 Å². The third kappa shape index (κ3) is 4.06. The van der Waals surface area contributed by atoms with Crippen molar-refractivity contribution in [2.75, 3.05) is 49.5 Å². The van der Waals surface area contributed by atoms with E-state index in [9.17, 15) is 0 Å². The zero-order chi connectivity index (χ0) is 13.5. The van der Waals surface area contributed by atoms with E-state index in [4.69, 9.17) is 0 Å². The Hall–Kier alpha value is -1.36. The van der Waals surface area contributed by atoms with Crippen molar-refractivity contribution in [1.29, 1.82) is 0 Å². The van der Waals surface area contributed by atoms with Gasteiger partial charge in [0, 0.05) is 38.8 Å². The lowest BCUT2D eigenvalue weighted by Crippen LogP contribution is -2.46. The van der Waals surface area contributed by atoms with Crippen molar-refractivity contribution in [2.45, 2.75) is 26.7 Å². The third-order valence-electron chi connectivity index (χ3n) is 3.63. The van der Waals surface area contributed by atoms with Crippen molar-refractivity contribution in [2.24, 2.45) is 0 Å². The summed E-state index contributed by atoms with van der Waals surface area (Å²) in [6.45, 7) is 10.9. The Balaban J connectivity index is 1.91. The van der Waals surface area contributed by atoms with E-state index in [1.807, 2.05) is 0 Å². The van der Waals surface area contributed by atoms with Crippen molar-refractivity contribution >= 4 is 11.6 Å². The number of hydrogen-bond acceptors (Lipinski definition) is 5. The number of unbranched alkanes of at least 4 members (excludes halogenated alkanes) is 1. The Labute approximate surface area is 116 Å². The first-order chi connectivity index (χ1) is 9.33. The predicted octanol–water partition coefficient (Wildman–Crippen LogP) is 1.83. The third-order valence-corrected chi connectivity index (χ3v) is 3.63. The van der Waals surface area contributed by atoms with Gasteiger partial charge in [-0.05, 0) is 13.0 Å². The maximum Gasteiger partial charge on any atom is 0.134 e. The molecule has 0 aromatic carbocycles. The van der Waals surface area contributed by atoms with Crippen LogP contribution in [0.3, 0.4) is 0 Å². The fourth-order valence-electron chi connectivity index (χ4n) is 2.30. The normalized spacial score (nSPS) is 16.6. The molecule has 0 amide bonds. The van der Waals surface area contributed by atoms with E-state index in [0.29, 0.717) is 0 Å². The van der Waals surface area contributed by atoms with Crippen LogP contribution in [-0.4, -0.2) is 54.1 Å². The van der Waals surface area contributed by atoms with Crippen molar-refractivity contribution in [1.82, 2.24) is 14.9 Å². The van der Waals surface area contributed by atoms with Crippen LogP contribution in [0, 0.1) is 0 Å². The molecule has 0 bridgehead atoms. The molecule has 1 N–H and O–H groups in total.